The van der Waals surface area contributed by atoms with Crippen molar-refractivity contribution in [1.29, 1.82) is 0 Å². The molecule has 4 atom stereocenters. The van der Waals surface area contributed by atoms with E-state index in [4.69, 9.17) is 15.2 Å². The van der Waals surface area contributed by atoms with Gasteiger partial charge in [0, 0.05) is 24.0 Å². The average Bonchev–Trinajstić information content (AvgIpc) is 3.44. The van der Waals surface area contributed by atoms with Gasteiger partial charge < -0.3 is 15.2 Å². The van der Waals surface area contributed by atoms with Gasteiger partial charge in [-0.15, -0.1) is 0 Å². The van der Waals surface area contributed by atoms with Crippen LogP contribution in [0.15, 0.2) is 18.2 Å². The maximum Gasteiger partial charge on any atom is 0.119 e. The summed E-state index contributed by atoms with van der Waals surface area (Å²) in [5.41, 5.74) is 9.42. The lowest BCUT2D eigenvalue weighted by Crippen LogP contribution is -2.64. The van der Waals surface area contributed by atoms with Gasteiger partial charge in [0.2, 0.25) is 0 Å². The van der Waals surface area contributed by atoms with Gasteiger partial charge in [-0.05, 0) is 74.2 Å². The molecule has 1 saturated carbocycles. The molecule has 4 unspecified atom stereocenters. The normalized spacial score (nSPS) is 37.8. The lowest BCUT2D eigenvalue weighted by molar-refractivity contribution is -0.126. The number of ether oxygens (including phenoxy) is 2. The van der Waals surface area contributed by atoms with Gasteiger partial charge in [0.1, 0.15) is 5.75 Å². The Hall–Kier alpha value is -1.10. The van der Waals surface area contributed by atoms with E-state index < -0.39 is 0 Å². The fourth-order valence-corrected chi connectivity index (χ4v) is 5.71. The fraction of sp³-hybridized carbons (Fsp3) is 0.714. The van der Waals surface area contributed by atoms with E-state index in [1.165, 1.54) is 43.5 Å². The maximum atomic E-state index is 6.49. The van der Waals surface area contributed by atoms with Crippen LogP contribution in [0.1, 0.15) is 43.2 Å². The summed E-state index contributed by atoms with van der Waals surface area (Å²) < 4.78 is 12.0. The van der Waals surface area contributed by atoms with Crippen LogP contribution >= 0.6 is 0 Å². The minimum absolute atomic E-state index is 0.0722. The summed E-state index contributed by atoms with van der Waals surface area (Å²) in [7, 11) is 1.76. The summed E-state index contributed by atoms with van der Waals surface area (Å²) in [6.45, 7) is 3.16. The molecule has 0 radical (unpaired) electrons. The van der Waals surface area contributed by atoms with E-state index >= 15 is 0 Å². The first-order valence-corrected chi connectivity index (χ1v) is 9.98. The van der Waals surface area contributed by atoms with Crippen molar-refractivity contribution in [2.45, 2.75) is 62.1 Å². The van der Waals surface area contributed by atoms with Crippen molar-refractivity contribution in [1.82, 2.24) is 4.90 Å². The van der Waals surface area contributed by atoms with Gasteiger partial charge in [-0.2, -0.15) is 0 Å². The van der Waals surface area contributed by atoms with Crippen molar-refractivity contribution >= 4 is 0 Å². The Kier molecular flexibility index (Phi) is 3.84. The second-order valence-electron chi connectivity index (χ2n) is 8.69. The second kappa shape index (κ2) is 5.97. The number of hydrogen-bond acceptors (Lipinski definition) is 4. The van der Waals surface area contributed by atoms with E-state index in [0.29, 0.717) is 12.6 Å². The summed E-state index contributed by atoms with van der Waals surface area (Å²) in [4.78, 5) is 2.75. The van der Waals surface area contributed by atoms with Crippen LogP contribution in [0, 0.1) is 5.92 Å². The third-order valence-electron chi connectivity index (χ3n) is 7.08. The van der Waals surface area contributed by atoms with Crippen molar-refractivity contribution in [3.05, 3.63) is 29.3 Å². The SMILES string of the molecule is COc1ccc2c(c1)C13CCN(CC4CC4)C(CC2)C1OCC(N)C3. The van der Waals surface area contributed by atoms with Gasteiger partial charge in [-0.25, -0.2) is 0 Å². The van der Waals surface area contributed by atoms with E-state index in [1.807, 2.05) is 0 Å². The monoisotopic (exact) mass is 342 g/mol. The molecule has 2 N–H and O–H groups in total. The molecule has 0 spiro atoms. The first-order chi connectivity index (χ1) is 12.2. The maximum absolute atomic E-state index is 6.49. The predicted octanol–water partition coefficient (Wildman–Crippen LogP) is 2.48. The number of nitrogens with zero attached hydrogens (tertiary/aromatic N) is 1. The highest BCUT2D eigenvalue weighted by molar-refractivity contribution is 5.44. The van der Waals surface area contributed by atoms with E-state index in [-0.39, 0.29) is 17.6 Å². The molecule has 4 aliphatic rings. The molecule has 25 heavy (non-hydrogen) atoms. The Labute approximate surface area is 150 Å². The molecule has 0 aromatic heterocycles. The van der Waals surface area contributed by atoms with Crippen LogP contribution in [-0.2, 0) is 16.6 Å². The molecule has 2 bridgehead atoms. The molecule has 4 heteroatoms. The molecular weight excluding hydrogens is 312 g/mol. The van der Waals surface area contributed by atoms with Gasteiger partial charge in [0.15, 0.2) is 0 Å². The Balaban J connectivity index is 1.58. The molecule has 136 valence electrons. The van der Waals surface area contributed by atoms with Gasteiger partial charge in [0.05, 0.1) is 19.8 Å². The van der Waals surface area contributed by atoms with Crippen molar-refractivity contribution in [2.75, 3.05) is 26.8 Å². The Bertz CT molecular complexity index is 659. The zero-order valence-corrected chi connectivity index (χ0v) is 15.2. The largest absolute Gasteiger partial charge is 0.497 e. The van der Waals surface area contributed by atoms with E-state index in [1.54, 1.807) is 7.11 Å². The Morgan fingerprint density at radius 1 is 1.32 bits per heavy atom. The lowest BCUT2D eigenvalue weighted by atomic mass is 9.63. The molecule has 2 heterocycles. The summed E-state index contributed by atoms with van der Waals surface area (Å²) in [5.74, 6) is 1.90. The zero-order chi connectivity index (χ0) is 17.0. The zero-order valence-electron chi connectivity index (χ0n) is 15.2. The molecule has 5 rings (SSSR count). The number of piperidine rings is 1. The van der Waals surface area contributed by atoms with Crippen molar-refractivity contribution in [3.63, 3.8) is 0 Å². The Morgan fingerprint density at radius 3 is 3.00 bits per heavy atom. The van der Waals surface area contributed by atoms with Crippen LogP contribution < -0.4 is 10.5 Å². The van der Waals surface area contributed by atoms with Crippen LogP contribution in [-0.4, -0.2) is 49.9 Å². The third kappa shape index (κ3) is 2.61. The number of aryl methyl sites for hydroxylation is 1. The average molecular weight is 342 g/mol. The number of fused-ring (bicyclic) bond motifs is 1. The molecular formula is C21H30N2O2. The summed E-state index contributed by atoms with van der Waals surface area (Å²) in [6, 6.07) is 7.37. The van der Waals surface area contributed by atoms with E-state index in [2.05, 4.69) is 23.1 Å². The van der Waals surface area contributed by atoms with Crippen LogP contribution in [0.2, 0.25) is 0 Å². The lowest BCUT2D eigenvalue weighted by Gasteiger charge is -2.55. The van der Waals surface area contributed by atoms with Gasteiger partial charge in [-0.1, -0.05) is 6.07 Å². The number of rotatable bonds is 3. The molecule has 4 nitrogen and oxygen atoms in total. The van der Waals surface area contributed by atoms with E-state index in [9.17, 15) is 0 Å². The van der Waals surface area contributed by atoms with Crippen LogP contribution in [0.4, 0.5) is 0 Å². The highest BCUT2D eigenvalue weighted by Crippen LogP contribution is 2.51. The van der Waals surface area contributed by atoms with Crippen molar-refractivity contribution in [3.8, 4) is 5.75 Å². The predicted molar refractivity (Wildman–Crippen MR) is 98.0 cm³/mol. The quantitative estimate of drug-likeness (QED) is 0.917. The van der Waals surface area contributed by atoms with Crippen LogP contribution in [0.3, 0.4) is 0 Å². The molecule has 0 amide bonds. The first kappa shape index (κ1) is 16.1. The minimum atomic E-state index is 0.0722. The topological polar surface area (TPSA) is 47.7 Å². The molecule has 1 aromatic rings. The number of methoxy groups -OCH3 is 1. The number of hydrogen-bond donors (Lipinski definition) is 1. The number of likely N-dealkylation sites (tertiary alicyclic amines) is 1. The molecule has 2 aliphatic carbocycles. The fourth-order valence-electron chi connectivity index (χ4n) is 5.71. The molecule has 1 aromatic carbocycles. The Morgan fingerprint density at radius 2 is 2.20 bits per heavy atom. The standard InChI is InChI=1S/C21H30N2O2/c1-24-17-6-4-15-5-7-19-20-21(18(15)10-17,11-16(22)13-25-20)8-9-23(19)12-14-2-3-14/h4,6,10,14,16,19-20H,2-3,5,7-9,11-13,22H2,1H3. The molecule has 2 saturated heterocycles. The molecule has 2 aliphatic heterocycles. The first-order valence-electron chi connectivity index (χ1n) is 9.98. The second-order valence-corrected chi connectivity index (χ2v) is 8.69. The number of benzene rings is 1. The van der Waals surface area contributed by atoms with Crippen LogP contribution in [0.5, 0.6) is 5.75 Å². The van der Waals surface area contributed by atoms with Crippen LogP contribution in [0.25, 0.3) is 0 Å². The highest BCUT2D eigenvalue weighted by Gasteiger charge is 2.55. The van der Waals surface area contributed by atoms with Gasteiger partial charge in [0.25, 0.3) is 0 Å². The third-order valence-corrected chi connectivity index (χ3v) is 7.08. The minimum Gasteiger partial charge on any atom is -0.497 e. The molecule has 3 fully saturated rings. The van der Waals surface area contributed by atoms with Gasteiger partial charge >= 0.3 is 0 Å². The highest BCUT2D eigenvalue weighted by atomic mass is 16.5. The summed E-state index contributed by atoms with van der Waals surface area (Å²) in [5, 5.41) is 0. The van der Waals surface area contributed by atoms with Crippen molar-refractivity contribution in [2.24, 2.45) is 11.7 Å². The van der Waals surface area contributed by atoms with E-state index in [0.717, 1.165) is 30.9 Å². The van der Waals surface area contributed by atoms with Gasteiger partial charge in [-0.3, -0.25) is 4.90 Å². The number of nitrogens with two attached hydrogens (primary N) is 1. The summed E-state index contributed by atoms with van der Waals surface area (Å²) in [6.07, 6.45) is 7.67. The van der Waals surface area contributed by atoms with Crippen molar-refractivity contribution < 1.29 is 9.47 Å². The summed E-state index contributed by atoms with van der Waals surface area (Å²) >= 11 is 0. The smallest absolute Gasteiger partial charge is 0.119 e.